The Hall–Kier alpha value is -0.130. The minimum Gasteiger partial charge on any atom is -0.219 e. The summed E-state index contributed by atoms with van der Waals surface area (Å²) >= 11 is 12.5. The van der Waals surface area contributed by atoms with Crippen LogP contribution in [0, 0.1) is 6.92 Å². The molecule has 0 N–H and O–H groups in total. The fourth-order valence-electron chi connectivity index (χ4n) is 1.08. The first-order valence-electron chi connectivity index (χ1n) is 3.46. The molecule has 0 aliphatic rings. The van der Waals surface area contributed by atoms with Gasteiger partial charge in [-0.3, -0.25) is 0 Å². The molecule has 0 unspecified atom stereocenters. The molecule has 0 aliphatic heterocycles. The van der Waals surface area contributed by atoms with E-state index >= 15 is 0 Å². The van der Waals surface area contributed by atoms with Gasteiger partial charge in [0, 0.05) is 0 Å². The van der Waals surface area contributed by atoms with E-state index in [1.165, 1.54) is 0 Å². The van der Waals surface area contributed by atoms with Crippen LogP contribution in [0.4, 0.5) is 0 Å². The van der Waals surface area contributed by atoms with Crippen LogP contribution in [0.15, 0.2) is 15.3 Å². The highest BCUT2D eigenvalue weighted by molar-refractivity contribution is 9.13. The zero-order valence-electron chi connectivity index (χ0n) is 6.55. The van der Waals surface area contributed by atoms with Crippen LogP contribution < -0.4 is 0 Å². The molecule has 0 saturated heterocycles. The van der Waals surface area contributed by atoms with Crippen molar-refractivity contribution in [2.75, 3.05) is 0 Å². The fraction of sp³-hybridized carbons (Fsp3) is 0.143. The summed E-state index contributed by atoms with van der Waals surface area (Å²) in [5, 5.41) is 4.55. The molecule has 3 nitrogen and oxygen atoms in total. The summed E-state index contributed by atoms with van der Waals surface area (Å²) in [6.07, 6.45) is 0. The van der Waals surface area contributed by atoms with E-state index in [1.54, 1.807) is 10.6 Å². The summed E-state index contributed by atoms with van der Waals surface area (Å²) in [5.74, 6) is 0. The molecule has 13 heavy (non-hydrogen) atoms. The maximum atomic E-state index is 5.81. The van der Waals surface area contributed by atoms with Crippen molar-refractivity contribution in [1.82, 2.24) is 14.6 Å². The first-order chi connectivity index (χ1) is 6.09. The third kappa shape index (κ3) is 1.49. The lowest BCUT2D eigenvalue weighted by molar-refractivity contribution is 0.908. The monoisotopic (exact) mass is 323 g/mol. The van der Waals surface area contributed by atoms with Crippen LogP contribution in [0.25, 0.3) is 5.65 Å². The number of hydrogen-bond acceptors (Lipinski definition) is 2. The van der Waals surface area contributed by atoms with E-state index in [4.69, 9.17) is 11.6 Å². The van der Waals surface area contributed by atoms with Crippen molar-refractivity contribution in [1.29, 1.82) is 0 Å². The van der Waals surface area contributed by atoms with Gasteiger partial charge in [0.1, 0.15) is 14.4 Å². The van der Waals surface area contributed by atoms with Gasteiger partial charge in [0.15, 0.2) is 5.65 Å². The molecule has 6 heteroatoms. The first-order valence-corrected chi connectivity index (χ1v) is 5.43. The molecule has 0 fully saturated rings. The van der Waals surface area contributed by atoms with Crippen molar-refractivity contribution in [3.05, 3.63) is 26.0 Å². The number of fused-ring (bicyclic) bond motifs is 1. The minimum atomic E-state index is 0.454. The van der Waals surface area contributed by atoms with Crippen molar-refractivity contribution in [3.63, 3.8) is 0 Å². The van der Waals surface area contributed by atoms with Crippen LogP contribution in [-0.4, -0.2) is 14.6 Å². The zero-order valence-corrected chi connectivity index (χ0v) is 10.5. The number of aryl methyl sites for hydroxylation is 1. The summed E-state index contributed by atoms with van der Waals surface area (Å²) in [5.41, 5.74) is 1.79. The van der Waals surface area contributed by atoms with Gasteiger partial charge in [-0.25, -0.2) is 9.50 Å². The minimum absolute atomic E-state index is 0.454. The van der Waals surface area contributed by atoms with Gasteiger partial charge < -0.3 is 0 Å². The van der Waals surface area contributed by atoms with Crippen LogP contribution in [0.1, 0.15) is 5.56 Å². The Morgan fingerprint density at radius 3 is 2.85 bits per heavy atom. The van der Waals surface area contributed by atoms with Gasteiger partial charge in [0.25, 0.3) is 0 Å². The average Bonchev–Trinajstić information content (AvgIpc) is 2.32. The maximum absolute atomic E-state index is 5.81. The van der Waals surface area contributed by atoms with E-state index in [2.05, 4.69) is 41.9 Å². The fourth-order valence-corrected chi connectivity index (χ4v) is 1.99. The van der Waals surface area contributed by atoms with Crippen molar-refractivity contribution in [3.8, 4) is 0 Å². The van der Waals surface area contributed by atoms with Gasteiger partial charge in [-0.2, -0.15) is 5.10 Å². The Labute approximate surface area is 96.4 Å². The first kappa shape index (κ1) is 9.43. The van der Waals surface area contributed by atoms with E-state index < -0.39 is 0 Å². The van der Waals surface area contributed by atoms with Crippen molar-refractivity contribution in [2.45, 2.75) is 6.92 Å². The van der Waals surface area contributed by atoms with Crippen LogP contribution in [0.3, 0.4) is 0 Å². The molecule has 0 aliphatic carbocycles. The molecule has 0 amide bonds. The molecular weight excluding hydrogens is 321 g/mol. The standard InChI is InChI=1S/C7H4Br2ClN3/c1-3-2-4(10)12-13-6(9)5(8)11-7(3)13/h2H,1H3. The molecule has 68 valence electrons. The van der Waals surface area contributed by atoms with Crippen LogP contribution in [0.2, 0.25) is 5.15 Å². The molecular formula is C7H4Br2ClN3. The van der Waals surface area contributed by atoms with Crippen molar-refractivity contribution >= 4 is 49.1 Å². The van der Waals surface area contributed by atoms with Gasteiger partial charge in [-0.05, 0) is 50.4 Å². The summed E-state index contributed by atoms with van der Waals surface area (Å²) in [4.78, 5) is 4.26. The quantitative estimate of drug-likeness (QED) is 0.744. The SMILES string of the molecule is Cc1cc(Cl)nn2c(Br)c(Br)nc12. The Balaban J connectivity index is 2.94. The molecule has 0 atom stereocenters. The lowest BCUT2D eigenvalue weighted by Gasteiger charge is -1.97. The predicted molar refractivity (Wildman–Crippen MR) is 58.1 cm³/mol. The Morgan fingerprint density at radius 1 is 1.46 bits per heavy atom. The Kier molecular flexibility index (Phi) is 2.33. The molecule has 2 aromatic heterocycles. The molecule has 0 saturated carbocycles. The number of rotatable bonds is 0. The largest absolute Gasteiger partial charge is 0.219 e. The third-order valence-electron chi connectivity index (χ3n) is 1.64. The summed E-state index contributed by atoms with van der Waals surface area (Å²) in [7, 11) is 0. The van der Waals surface area contributed by atoms with E-state index in [1.807, 2.05) is 6.92 Å². The number of aromatic nitrogens is 3. The van der Waals surface area contributed by atoms with Gasteiger partial charge in [0.2, 0.25) is 0 Å². The Morgan fingerprint density at radius 2 is 2.15 bits per heavy atom. The Bertz CT molecular complexity index is 480. The topological polar surface area (TPSA) is 30.2 Å². The molecule has 2 rings (SSSR count). The number of imidazole rings is 1. The normalized spacial score (nSPS) is 11.1. The van der Waals surface area contributed by atoms with E-state index in [9.17, 15) is 0 Å². The number of nitrogens with zero attached hydrogens (tertiary/aromatic N) is 3. The molecule has 2 heterocycles. The highest BCUT2D eigenvalue weighted by atomic mass is 79.9. The second-order valence-corrected chi connectivity index (χ2v) is 4.47. The molecule has 2 aromatic rings. The summed E-state index contributed by atoms with van der Waals surface area (Å²) < 4.78 is 3.15. The zero-order chi connectivity index (χ0) is 9.59. The van der Waals surface area contributed by atoms with Crippen molar-refractivity contribution in [2.24, 2.45) is 0 Å². The van der Waals surface area contributed by atoms with E-state index in [0.717, 1.165) is 20.4 Å². The summed E-state index contributed by atoms with van der Waals surface area (Å²) in [6, 6.07) is 1.78. The molecule has 0 radical (unpaired) electrons. The molecule has 0 spiro atoms. The van der Waals surface area contributed by atoms with Gasteiger partial charge in [0.05, 0.1) is 0 Å². The van der Waals surface area contributed by atoms with E-state index in [-0.39, 0.29) is 0 Å². The van der Waals surface area contributed by atoms with Crippen LogP contribution >= 0.6 is 43.5 Å². The lowest BCUT2D eigenvalue weighted by Crippen LogP contribution is -1.94. The average molecular weight is 325 g/mol. The highest BCUT2D eigenvalue weighted by Gasteiger charge is 2.10. The lowest BCUT2D eigenvalue weighted by atomic mass is 10.3. The predicted octanol–water partition coefficient (Wildman–Crippen LogP) is 3.22. The van der Waals surface area contributed by atoms with E-state index in [0.29, 0.717) is 5.15 Å². The molecule has 0 aromatic carbocycles. The second kappa shape index (κ2) is 3.22. The summed E-state index contributed by atoms with van der Waals surface area (Å²) in [6.45, 7) is 1.94. The van der Waals surface area contributed by atoms with Crippen molar-refractivity contribution < 1.29 is 0 Å². The highest BCUT2D eigenvalue weighted by Crippen LogP contribution is 2.25. The van der Waals surface area contributed by atoms with Gasteiger partial charge >= 0.3 is 0 Å². The smallest absolute Gasteiger partial charge is 0.159 e. The number of halogens is 3. The third-order valence-corrected chi connectivity index (χ3v) is 3.63. The van der Waals surface area contributed by atoms with Crippen LogP contribution in [0.5, 0.6) is 0 Å². The van der Waals surface area contributed by atoms with Gasteiger partial charge in [-0.1, -0.05) is 11.6 Å². The second-order valence-electron chi connectivity index (χ2n) is 2.58. The van der Waals surface area contributed by atoms with Gasteiger partial charge in [-0.15, -0.1) is 0 Å². The van der Waals surface area contributed by atoms with Crippen LogP contribution in [-0.2, 0) is 0 Å². The molecule has 0 bridgehead atoms. The number of hydrogen-bond donors (Lipinski definition) is 0. The maximum Gasteiger partial charge on any atom is 0.159 e.